The molecule has 0 bridgehead atoms. The maximum absolute atomic E-state index is 10.5. The Bertz CT molecular complexity index is 202. The molecule has 12 heavy (non-hydrogen) atoms. The van der Waals surface area contributed by atoms with Gasteiger partial charge in [0.05, 0.1) is 7.11 Å². The molecule has 0 aliphatic carbocycles. The fraction of sp³-hybridized carbons (Fsp3) is 0.500. The Balaban J connectivity index is 3.32. The lowest BCUT2D eigenvalue weighted by atomic mass is 10.3. The Morgan fingerprint density at radius 1 is 1.58 bits per heavy atom. The molecule has 0 aromatic carbocycles. The molecule has 0 rings (SSSR count). The lowest BCUT2D eigenvalue weighted by molar-refractivity contribution is 0.283. The lowest BCUT2D eigenvalue weighted by Gasteiger charge is -1.79. The van der Waals surface area contributed by atoms with Gasteiger partial charge in [-0.2, -0.15) is 0 Å². The van der Waals surface area contributed by atoms with Crippen molar-refractivity contribution in [2.75, 3.05) is 13.7 Å². The van der Waals surface area contributed by atoms with Gasteiger partial charge in [0, 0.05) is 11.0 Å². The summed E-state index contributed by atoms with van der Waals surface area (Å²) >= 11 is 0. The van der Waals surface area contributed by atoms with Crippen LogP contribution in [0, 0.1) is 11.8 Å². The van der Waals surface area contributed by atoms with E-state index in [2.05, 4.69) is 27.5 Å². The van der Waals surface area contributed by atoms with Gasteiger partial charge >= 0.3 is 8.25 Å². The second kappa shape index (κ2) is 8.42. The first-order valence-corrected chi connectivity index (χ1v) is 4.61. The normalized spacial score (nSPS) is 9.92. The van der Waals surface area contributed by atoms with E-state index >= 15 is 0 Å². The molecule has 0 aliphatic heterocycles. The van der Waals surface area contributed by atoms with Crippen LogP contribution in [0.4, 0.5) is 0 Å². The molecule has 1 unspecified atom stereocenters. The van der Waals surface area contributed by atoms with Crippen LogP contribution in [0.15, 0.2) is 12.7 Å². The minimum absolute atomic E-state index is 0.153. The van der Waals surface area contributed by atoms with E-state index in [0.717, 1.165) is 12.8 Å². The van der Waals surface area contributed by atoms with Gasteiger partial charge in [-0.15, -0.1) is 21.5 Å². The largest absolute Gasteiger partial charge is 0.698 e. The smallest absolute Gasteiger partial charge is 0.122 e. The zero-order valence-electron chi connectivity index (χ0n) is 7.08. The Hall–Kier alpha value is -0.680. The maximum Gasteiger partial charge on any atom is 0.698 e. The second-order valence-electron chi connectivity index (χ2n) is 1.86. The Morgan fingerprint density at radius 3 is 2.92 bits per heavy atom. The van der Waals surface area contributed by atoms with Crippen molar-refractivity contribution in [1.82, 2.24) is 0 Å². The van der Waals surface area contributed by atoms with Crippen molar-refractivity contribution in [3.8, 4) is 11.8 Å². The number of allylic oxidation sites excluding steroid dienone is 1. The van der Waals surface area contributed by atoms with Crippen molar-refractivity contribution in [3.05, 3.63) is 12.7 Å². The van der Waals surface area contributed by atoms with Crippen LogP contribution in [0.2, 0.25) is 0 Å². The summed E-state index contributed by atoms with van der Waals surface area (Å²) in [5.74, 6) is 5.54. The molecular weight excluding hydrogens is 175 g/mol. The first kappa shape index (κ1) is 11.3. The van der Waals surface area contributed by atoms with Gasteiger partial charge in [-0.3, -0.25) is 0 Å². The van der Waals surface area contributed by atoms with Crippen molar-refractivity contribution in [2.24, 2.45) is 0 Å². The number of hydrogen-bond acceptors (Lipinski definition) is 3. The SMILES string of the molecule is C=CCCC#CCO[P+](=O)OC. The van der Waals surface area contributed by atoms with Crippen molar-refractivity contribution < 1.29 is 13.6 Å². The molecule has 4 heteroatoms. The van der Waals surface area contributed by atoms with Crippen molar-refractivity contribution in [1.29, 1.82) is 0 Å². The second-order valence-corrected chi connectivity index (χ2v) is 2.93. The zero-order chi connectivity index (χ0) is 9.23. The summed E-state index contributed by atoms with van der Waals surface area (Å²) in [6, 6.07) is 0. The fourth-order valence-electron chi connectivity index (χ4n) is 0.451. The average Bonchev–Trinajstić information content (AvgIpc) is 2.10. The number of rotatable bonds is 5. The predicted molar refractivity (Wildman–Crippen MR) is 47.8 cm³/mol. The van der Waals surface area contributed by atoms with E-state index in [9.17, 15) is 4.57 Å². The molecule has 1 atom stereocenters. The summed E-state index contributed by atoms with van der Waals surface area (Å²) < 4.78 is 19.6. The van der Waals surface area contributed by atoms with Crippen LogP contribution in [0.3, 0.4) is 0 Å². The molecular formula is C8H12O3P+. The van der Waals surface area contributed by atoms with Crippen LogP contribution in [0.1, 0.15) is 12.8 Å². The average molecular weight is 187 g/mol. The van der Waals surface area contributed by atoms with Crippen molar-refractivity contribution in [2.45, 2.75) is 12.8 Å². The Kier molecular flexibility index (Phi) is 7.94. The molecule has 0 N–H and O–H groups in total. The highest BCUT2D eigenvalue weighted by Gasteiger charge is 2.14. The first-order valence-electron chi connectivity index (χ1n) is 3.52. The summed E-state index contributed by atoms with van der Waals surface area (Å²) in [4.78, 5) is 0. The molecule has 3 nitrogen and oxygen atoms in total. The fourth-order valence-corrected chi connectivity index (χ4v) is 0.727. The van der Waals surface area contributed by atoms with Crippen molar-refractivity contribution >= 4 is 8.25 Å². The summed E-state index contributed by atoms with van der Waals surface area (Å²) in [6.07, 6.45) is 3.42. The molecule has 0 fully saturated rings. The highest BCUT2D eigenvalue weighted by atomic mass is 31.1. The summed E-state index contributed by atoms with van der Waals surface area (Å²) in [5.41, 5.74) is 0. The molecule has 0 amide bonds. The molecule has 0 spiro atoms. The topological polar surface area (TPSA) is 35.5 Å². The van der Waals surface area contributed by atoms with Gasteiger partial charge in [-0.25, -0.2) is 0 Å². The van der Waals surface area contributed by atoms with E-state index in [1.54, 1.807) is 6.08 Å². The van der Waals surface area contributed by atoms with Gasteiger partial charge in [-0.1, -0.05) is 12.0 Å². The van der Waals surface area contributed by atoms with Crippen molar-refractivity contribution in [3.63, 3.8) is 0 Å². The maximum atomic E-state index is 10.5. The molecule has 0 saturated carbocycles. The molecule has 0 heterocycles. The minimum Gasteiger partial charge on any atom is -0.122 e. The lowest BCUT2D eigenvalue weighted by Crippen LogP contribution is -1.81. The van der Waals surface area contributed by atoms with Crippen LogP contribution in [-0.2, 0) is 13.6 Å². The third kappa shape index (κ3) is 7.43. The Labute approximate surface area is 73.7 Å². The standard InChI is InChI=1S/C8H12O3P/c1-3-4-5-6-7-8-11-12(9)10-2/h3H,1,4-5,8H2,2H3/q+1. The third-order valence-electron chi connectivity index (χ3n) is 0.990. The summed E-state index contributed by atoms with van der Waals surface area (Å²) in [6.45, 7) is 3.71. The highest BCUT2D eigenvalue weighted by molar-refractivity contribution is 7.33. The predicted octanol–water partition coefficient (Wildman–Crippen LogP) is 2.28. The number of unbranched alkanes of at least 4 members (excludes halogenated alkanes) is 1. The van der Waals surface area contributed by atoms with Crippen LogP contribution >= 0.6 is 8.25 Å². The van der Waals surface area contributed by atoms with E-state index in [0.29, 0.717) is 0 Å². The molecule has 0 aromatic heterocycles. The summed E-state index contributed by atoms with van der Waals surface area (Å²) in [5, 5.41) is 0. The van der Waals surface area contributed by atoms with Crippen LogP contribution in [-0.4, -0.2) is 13.7 Å². The van der Waals surface area contributed by atoms with E-state index in [-0.39, 0.29) is 6.61 Å². The zero-order valence-corrected chi connectivity index (χ0v) is 7.97. The monoisotopic (exact) mass is 187 g/mol. The van der Waals surface area contributed by atoms with E-state index in [4.69, 9.17) is 0 Å². The van der Waals surface area contributed by atoms with Gasteiger partial charge in [0.2, 0.25) is 0 Å². The highest BCUT2D eigenvalue weighted by Crippen LogP contribution is 2.20. The number of hydrogen-bond donors (Lipinski definition) is 0. The molecule has 0 radical (unpaired) electrons. The van der Waals surface area contributed by atoms with Gasteiger partial charge in [0.1, 0.15) is 0 Å². The van der Waals surface area contributed by atoms with E-state index in [1.165, 1.54) is 7.11 Å². The molecule has 0 aliphatic rings. The van der Waals surface area contributed by atoms with Gasteiger partial charge in [-0.05, 0) is 6.42 Å². The van der Waals surface area contributed by atoms with Gasteiger partial charge in [0.15, 0.2) is 6.61 Å². The minimum atomic E-state index is -1.98. The molecule has 66 valence electrons. The summed E-state index contributed by atoms with van der Waals surface area (Å²) in [7, 11) is -0.652. The van der Waals surface area contributed by atoms with Gasteiger partial charge < -0.3 is 0 Å². The van der Waals surface area contributed by atoms with Gasteiger partial charge in [0.25, 0.3) is 0 Å². The van der Waals surface area contributed by atoms with Crippen LogP contribution in [0.5, 0.6) is 0 Å². The first-order chi connectivity index (χ1) is 5.81. The Morgan fingerprint density at radius 2 is 2.33 bits per heavy atom. The van der Waals surface area contributed by atoms with E-state index < -0.39 is 8.25 Å². The van der Waals surface area contributed by atoms with Crippen LogP contribution < -0.4 is 0 Å². The molecule has 0 aromatic rings. The van der Waals surface area contributed by atoms with Crippen LogP contribution in [0.25, 0.3) is 0 Å². The third-order valence-corrected chi connectivity index (χ3v) is 1.63. The molecule has 0 saturated heterocycles. The quantitative estimate of drug-likeness (QED) is 0.286. The van der Waals surface area contributed by atoms with E-state index in [1.807, 2.05) is 0 Å².